The summed E-state index contributed by atoms with van der Waals surface area (Å²) in [5.74, 6) is 0. The number of carbonyl (C=O) groups excluding carboxylic acids is 1. The smallest absolute Gasteiger partial charge is 0.410 e. The third-order valence-electron chi connectivity index (χ3n) is 3.89. The molecule has 1 N–H and O–H groups in total. The molecule has 6 heteroatoms. The van der Waals surface area contributed by atoms with E-state index in [0.29, 0.717) is 23.6 Å². The van der Waals surface area contributed by atoms with E-state index in [1.807, 2.05) is 45.0 Å². The molecule has 1 atom stereocenters. The molecule has 0 aliphatic carbocycles. The molecule has 0 spiro atoms. The molecule has 0 aliphatic rings. The highest BCUT2D eigenvalue weighted by Crippen LogP contribution is 2.20. The van der Waals surface area contributed by atoms with Crippen LogP contribution in [0.1, 0.15) is 38.0 Å². The maximum absolute atomic E-state index is 12.6. The van der Waals surface area contributed by atoms with Crippen molar-refractivity contribution in [1.29, 1.82) is 0 Å². The van der Waals surface area contributed by atoms with Crippen LogP contribution in [0.25, 0.3) is 0 Å². The molecule has 0 fully saturated rings. The molecule has 0 saturated heterocycles. The first kappa shape index (κ1) is 21.6. The van der Waals surface area contributed by atoms with Crippen molar-refractivity contribution >= 4 is 30.3 Å². The Hall–Kier alpha value is -1.69. The fourth-order valence-corrected chi connectivity index (χ4v) is 2.89. The van der Waals surface area contributed by atoms with Gasteiger partial charge in [-0.1, -0.05) is 35.9 Å². The van der Waals surface area contributed by atoms with Gasteiger partial charge in [0, 0.05) is 16.5 Å². The van der Waals surface area contributed by atoms with Crippen molar-refractivity contribution in [3.05, 3.63) is 64.7 Å². The molecule has 0 bridgehead atoms. The number of aliphatic hydroxyl groups excluding tert-OH is 1. The Bertz CT molecular complexity index is 759. The Morgan fingerprint density at radius 2 is 1.89 bits per heavy atom. The number of hydrogen-bond donors (Lipinski definition) is 2. The maximum atomic E-state index is 12.6. The second-order valence-electron chi connectivity index (χ2n) is 7.41. The third kappa shape index (κ3) is 7.45. The van der Waals surface area contributed by atoms with Gasteiger partial charge in [-0.2, -0.15) is 0 Å². The topological polar surface area (TPSA) is 49.8 Å². The molecule has 2 aromatic carbocycles. The van der Waals surface area contributed by atoms with Gasteiger partial charge in [-0.05, 0) is 62.6 Å². The van der Waals surface area contributed by atoms with Crippen LogP contribution in [0.15, 0.2) is 53.4 Å². The van der Waals surface area contributed by atoms with Crippen molar-refractivity contribution in [3.63, 3.8) is 0 Å². The first-order valence-corrected chi connectivity index (χ1v) is 9.66. The number of amides is 1. The average molecular weight is 408 g/mol. The van der Waals surface area contributed by atoms with Gasteiger partial charge in [0.25, 0.3) is 0 Å². The van der Waals surface area contributed by atoms with Crippen LogP contribution >= 0.6 is 24.2 Å². The Kier molecular flexibility index (Phi) is 7.59. The first-order chi connectivity index (χ1) is 12.6. The number of benzene rings is 2. The number of aliphatic hydroxyl groups is 1. The number of ether oxygens (including phenoxy) is 1. The lowest BCUT2D eigenvalue weighted by atomic mass is 10.1. The highest BCUT2D eigenvalue weighted by molar-refractivity contribution is 7.80. The molecule has 0 heterocycles. The normalized spacial score (nSPS) is 12.5. The largest absolute Gasteiger partial charge is 0.444 e. The molecule has 0 aliphatic heterocycles. The summed E-state index contributed by atoms with van der Waals surface area (Å²) in [5, 5.41) is 11.1. The van der Waals surface area contributed by atoms with Gasteiger partial charge in [0.2, 0.25) is 0 Å². The number of halogens is 1. The Morgan fingerprint density at radius 3 is 2.48 bits per heavy atom. The Balaban J connectivity index is 2.10. The van der Waals surface area contributed by atoms with Gasteiger partial charge in [-0.3, -0.25) is 0 Å². The minimum Gasteiger partial charge on any atom is -0.444 e. The van der Waals surface area contributed by atoms with Crippen LogP contribution in [0.2, 0.25) is 5.02 Å². The van der Waals surface area contributed by atoms with E-state index in [9.17, 15) is 9.90 Å². The van der Waals surface area contributed by atoms with Gasteiger partial charge in [-0.25, -0.2) is 4.79 Å². The van der Waals surface area contributed by atoms with Gasteiger partial charge in [0.15, 0.2) is 0 Å². The molecule has 2 aromatic rings. The molecular formula is C21H26ClNO3S. The van der Waals surface area contributed by atoms with Crippen LogP contribution in [-0.2, 0) is 11.2 Å². The van der Waals surface area contributed by atoms with Crippen LogP contribution in [0.4, 0.5) is 4.79 Å². The van der Waals surface area contributed by atoms with Gasteiger partial charge in [0.1, 0.15) is 5.60 Å². The molecule has 0 aromatic heterocycles. The van der Waals surface area contributed by atoms with Crippen molar-refractivity contribution in [2.24, 2.45) is 0 Å². The third-order valence-corrected chi connectivity index (χ3v) is 4.42. The number of hydrogen-bond acceptors (Lipinski definition) is 4. The fourth-order valence-electron chi connectivity index (χ4n) is 2.54. The molecule has 0 radical (unpaired) electrons. The van der Waals surface area contributed by atoms with Crippen molar-refractivity contribution in [2.45, 2.75) is 43.8 Å². The van der Waals surface area contributed by atoms with E-state index in [1.165, 1.54) is 4.90 Å². The van der Waals surface area contributed by atoms with Gasteiger partial charge >= 0.3 is 6.09 Å². The SMILES string of the molecule is CC(C)(C)OC(=O)N(CCc1ccc(S)cc1)CC(O)c1cccc(Cl)c1. The van der Waals surface area contributed by atoms with Crippen LogP contribution in [0.5, 0.6) is 0 Å². The number of rotatable bonds is 6. The van der Waals surface area contributed by atoms with Crippen LogP contribution in [0, 0.1) is 0 Å². The predicted octanol–water partition coefficient (Wildman–Crippen LogP) is 5.14. The second-order valence-corrected chi connectivity index (χ2v) is 8.37. The summed E-state index contributed by atoms with van der Waals surface area (Å²) >= 11 is 10.3. The van der Waals surface area contributed by atoms with E-state index < -0.39 is 17.8 Å². The van der Waals surface area contributed by atoms with E-state index in [1.54, 1.807) is 24.3 Å². The summed E-state index contributed by atoms with van der Waals surface area (Å²) < 4.78 is 5.51. The summed E-state index contributed by atoms with van der Waals surface area (Å²) in [6.45, 7) is 6.02. The van der Waals surface area contributed by atoms with Crippen LogP contribution in [0.3, 0.4) is 0 Å². The zero-order chi connectivity index (χ0) is 20.0. The van der Waals surface area contributed by atoms with E-state index in [0.717, 1.165) is 10.5 Å². The second kappa shape index (κ2) is 9.49. The van der Waals surface area contributed by atoms with Crippen LogP contribution in [-0.4, -0.2) is 34.8 Å². The Labute approximate surface area is 171 Å². The quantitative estimate of drug-likeness (QED) is 0.651. The molecule has 4 nitrogen and oxygen atoms in total. The Morgan fingerprint density at radius 1 is 1.22 bits per heavy atom. The fraction of sp³-hybridized carbons (Fsp3) is 0.381. The summed E-state index contributed by atoms with van der Waals surface area (Å²) in [6.07, 6.45) is -0.652. The van der Waals surface area contributed by atoms with Crippen molar-refractivity contribution < 1.29 is 14.6 Å². The van der Waals surface area contributed by atoms with Crippen molar-refractivity contribution in [1.82, 2.24) is 4.90 Å². The number of nitrogens with zero attached hydrogens (tertiary/aromatic N) is 1. The lowest BCUT2D eigenvalue weighted by Gasteiger charge is -2.29. The summed E-state index contributed by atoms with van der Waals surface area (Å²) in [6, 6.07) is 14.8. The minimum atomic E-state index is -0.851. The minimum absolute atomic E-state index is 0.125. The molecule has 0 saturated carbocycles. The van der Waals surface area contributed by atoms with Crippen LogP contribution < -0.4 is 0 Å². The van der Waals surface area contributed by atoms with Gasteiger partial charge in [-0.15, -0.1) is 12.6 Å². The zero-order valence-corrected chi connectivity index (χ0v) is 17.5. The predicted molar refractivity (Wildman–Crippen MR) is 112 cm³/mol. The lowest BCUT2D eigenvalue weighted by molar-refractivity contribution is 0.0147. The number of carbonyl (C=O) groups is 1. The summed E-state index contributed by atoms with van der Waals surface area (Å²) in [7, 11) is 0. The summed E-state index contributed by atoms with van der Waals surface area (Å²) in [4.78, 5) is 15.0. The molecule has 27 heavy (non-hydrogen) atoms. The first-order valence-electron chi connectivity index (χ1n) is 8.83. The molecule has 1 unspecified atom stereocenters. The number of thiol groups is 1. The van der Waals surface area contributed by atoms with E-state index in [2.05, 4.69) is 12.6 Å². The van der Waals surface area contributed by atoms with Crippen molar-refractivity contribution in [2.75, 3.05) is 13.1 Å². The highest BCUT2D eigenvalue weighted by atomic mass is 35.5. The monoisotopic (exact) mass is 407 g/mol. The highest BCUT2D eigenvalue weighted by Gasteiger charge is 2.24. The van der Waals surface area contributed by atoms with Gasteiger partial charge < -0.3 is 14.7 Å². The lowest BCUT2D eigenvalue weighted by Crippen LogP contribution is -2.40. The zero-order valence-electron chi connectivity index (χ0n) is 15.9. The molecule has 146 valence electrons. The van der Waals surface area contributed by atoms with E-state index in [4.69, 9.17) is 16.3 Å². The van der Waals surface area contributed by atoms with E-state index >= 15 is 0 Å². The van der Waals surface area contributed by atoms with Gasteiger partial charge in [0.05, 0.1) is 12.6 Å². The molecular weight excluding hydrogens is 382 g/mol. The molecule has 1 amide bonds. The molecule has 2 rings (SSSR count). The summed E-state index contributed by atoms with van der Waals surface area (Å²) in [5.41, 5.74) is 1.14. The van der Waals surface area contributed by atoms with Crippen molar-refractivity contribution in [3.8, 4) is 0 Å². The van der Waals surface area contributed by atoms with E-state index in [-0.39, 0.29) is 6.54 Å². The maximum Gasteiger partial charge on any atom is 0.410 e. The average Bonchev–Trinajstić information content (AvgIpc) is 2.58. The standard InChI is InChI=1S/C21H26ClNO3S/c1-21(2,3)26-20(25)23(12-11-15-7-9-18(27)10-8-15)14-19(24)16-5-4-6-17(22)13-16/h4-10,13,19,24,27H,11-12,14H2,1-3H3.